The summed E-state index contributed by atoms with van der Waals surface area (Å²) < 4.78 is 4.08. The first-order valence-electron chi connectivity index (χ1n) is 7.79. The molecule has 0 fully saturated rings. The van der Waals surface area contributed by atoms with Crippen LogP contribution in [0.5, 0.6) is 0 Å². The van der Waals surface area contributed by atoms with Crippen molar-refractivity contribution in [1.29, 1.82) is 0 Å². The predicted octanol–water partition coefficient (Wildman–Crippen LogP) is 3.73. The predicted molar refractivity (Wildman–Crippen MR) is 99.2 cm³/mol. The molecule has 0 aliphatic rings. The second kappa shape index (κ2) is 5.90. The third-order valence-corrected chi connectivity index (χ3v) is 6.47. The van der Waals surface area contributed by atoms with Gasteiger partial charge in [-0.3, -0.25) is 0 Å². The second-order valence-electron chi connectivity index (χ2n) is 5.85. The van der Waals surface area contributed by atoms with Crippen molar-refractivity contribution in [3.8, 4) is 15.7 Å². The number of aromatic nitrogens is 2. The standard InChI is InChI=1S/C20H16N2OSe/c1-13-8-10-15(11-9-13)18-12-17(23)19-14(2)21-22(20(19)24-18)16-6-4-3-5-7-16/h3-12H,1-2H3. The van der Waals surface area contributed by atoms with Crippen molar-refractivity contribution in [2.75, 3.05) is 0 Å². The normalized spacial score (nSPS) is 11.1. The third-order valence-electron chi connectivity index (χ3n) is 4.07. The number of fused-ring (bicyclic) bond motifs is 1. The zero-order valence-corrected chi connectivity index (χ0v) is 15.2. The van der Waals surface area contributed by atoms with Gasteiger partial charge in [-0.15, -0.1) is 0 Å². The monoisotopic (exact) mass is 380 g/mol. The van der Waals surface area contributed by atoms with Crippen molar-refractivity contribution in [2.45, 2.75) is 13.8 Å². The molecule has 0 radical (unpaired) electrons. The Morgan fingerprint density at radius 1 is 0.958 bits per heavy atom. The fourth-order valence-electron chi connectivity index (χ4n) is 2.81. The molecular weight excluding hydrogens is 363 g/mol. The van der Waals surface area contributed by atoms with Gasteiger partial charge in [0, 0.05) is 0 Å². The van der Waals surface area contributed by atoms with Gasteiger partial charge in [-0.25, -0.2) is 0 Å². The van der Waals surface area contributed by atoms with Crippen LogP contribution in [0, 0.1) is 13.8 Å². The van der Waals surface area contributed by atoms with Gasteiger partial charge in [-0.05, 0) is 0 Å². The van der Waals surface area contributed by atoms with Crippen molar-refractivity contribution in [3.05, 3.63) is 82.1 Å². The van der Waals surface area contributed by atoms with Gasteiger partial charge in [0.15, 0.2) is 0 Å². The van der Waals surface area contributed by atoms with E-state index in [4.69, 9.17) is 0 Å². The Kier molecular flexibility index (Phi) is 3.72. The van der Waals surface area contributed by atoms with Crippen LogP contribution in [-0.2, 0) is 0 Å². The van der Waals surface area contributed by atoms with Crippen LogP contribution >= 0.6 is 0 Å². The Labute approximate surface area is 145 Å². The zero-order chi connectivity index (χ0) is 16.7. The van der Waals surface area contributed by atoms with Crippen LogP contribution in [0.15, 0.2) is 65.5 Å². The Bertz CT molecular complexity index is 1080. The number of aryl methyl sites for hydroxylation is 2. The molecule has 0 N–H and O–H groups in total. The van der Waals surface area contributed by atoms with Gasteiger partial charge in [0.2, 0.25) is 0 Å². The van der Waals surface area contributed by atoms with E-state index in [-0.39, 0.29) is 19.9 Å². The van der Waals surface area contributed by atoms with E-state index < -0.39 is 0 Å². The molecule has 0 unspecified atom stereocenters. The summed E-state index contributed by atoms with van der Waals surface area (Å²) in [5.41, 5.74) is 4.22. The minimum absolute atomic E-state index is 0.0373. The van der Waals surface area contributed by atoms with Gasteiger partial charge in [-0.1, -0.05) is 0 Å². The van der Waals surface area contributed by atoms with E-state index in [9.17, 15) is 4.79 Å². The van der Waals surface area contributed by atoms with Crippen LogP contribution in [0.4, 0.5) is 0 Å². The number of para-hydroxylation sites is 1. The molecule has 0 aliphatic heterocycles. The fraction of sp³-hybridized carbons (Fsp3) is 0.100. The quantitative estimate of drug-likeness (QED) is 0.498. The molecule has 4 rings (SSSR count). The van der Waals surface area contributed by atoms with E-state index in [0.717, 1.165) is 31.2 Å². The molecule has 0 atom stereocenters. The van der Waals surface area contributed by atoms with Crippen molar-refractivity contribution in [2.24, 2.45) is 0 Å². The molecule has 118 valence electrons. The third kappa shape index (κ3) is 2.54. The van der Waals surface area contributed by atoms with Crippen molar-refractivity contribution < 1.29 is 0 Å². The van der Waals surface area contributed by atoms with E-state index in [1.165, 1.54) is 5.56 Å². The number of benzene rings is 2. The molecular formula is C20H16N2OSe. The molecule has 2 aromatic heterocycles. The maximum absolute atomic E-state index is 12.7. The first kappa shape index (κ1) is 15.1. The summed E-state index contributed by atoms with van der Waals surface area (Å²) >= 11 is 0.0373. The second-order valence-corrected chi connectivity index (χ2v) is 8.02. The minimum atomic E-state index is 0.0373. The van der Waals surface area contributed by atoms with Gasteiger partial charge in [0.25, 0.3) is 0 Å². The van der Waals surface area contributed by atoms with E-state index in [1.54, 1.807) is 6.07 Å². The molecule has 4 heteroatoms. The Morgan fingerprint density at radius 3 is 2.38 bits per heavy atom. The Morgan fingerprint density at radius 2 is 1.67 bits per heavy atom. The van der Waals surface area contributed by atoms with Gasteiger partial charge in [-0.2, -0.15) is 0 Å². The molecule has 0 amide bonds. The molecule has 0 bridgehead atoms. The van der Waals surface area contributed by atoms with E-state index >= 15 is 0 Å². The van der Waals surface area contributed by atoms with Gasteiger partial charge in [0.1, 0.15) is 0 Å². The van der Waals surface area contributed by atoms with Crippen LogP contribution in [0.1, 0.15) is 11.3 Å². The molecule has 0 aliphatic carbocycles. The van der Waals surface area contributed by atoms with E-state index in [2.05, 4.69) is 36.3 Å². The first-order valence-corrected chi connectivity index (χ1v) is 9.51. The first-order chi connectivity index (χ1) is 11.6. The summed E-state index contributed by atoms with van der Waals surface area (Å²) in [6.45, 7) is 3.98. The number of rotatable bonds is 2. The average Bonchev–Trinajstić information content (AvgIpc) is 2.93. The number of nitrogens with zero attached hydrogens (tertiary/aromatic N) is 2. The Hall–Kier alpha value is -2.42. The maximum atomic E-state index is 12.7. The van der Waals surface area contributed by atoms with Gasteiger partial charge in [0.05, 0.1) is 0 Å². The molecule has 2 aromatic carbocycles. The summed E-state index contributed by atoms with van der Waals surface area (Å²) in [4.78, 5) is 12.7. The van der Waals surface area contributed by atoms with E-state index in [0.29, 0.717) is 0 Å². The SMILES string of the molecule is Cc1ccc(-c2cc(=O)c3c(C)nn(-c4ccccc4)c3[se]2)cc1. The summed E-state index contributed by atoms with van der Waals surface area (Å²) in [6.07, 6.45) is 0. The van der Waals surface area contributed by atoms with E-state index in [1.807, 2.05) is 41.9 Å². The zero-order valence-electron chi connectivity index (χ0n) is 13.5. The number of hydrogen-bond donors (Lipinski definition) is 0. The van der Waals surface area contributed by atoms with Crippen LogP contribution in [0.25, 0.3) is 25.5 Å². The summed E-state index contributed by atoms with van der Waals surface area (Å²) in [7, 11) is 0. The summed E-state index contributed by atoms with van der Waals surface area (Å²) in [5.74, 6) is 0. The topological polar surface area (TPSA) is 34.9 Å². The summed E-state index contributed by atoms with van der Waals surface area (Å²) in [6, 6.07) is 20.2. The molecule has 3 nitrogen and oxygen atoms in total. The van der Waals surface area contributed by atoms with Gasteiger partial charge >= 0.3 is 146 Å². The average molecular weight is 379 g/mol. The van der Waals surface area contributed by atoms with Crippen LogP contribution < -0.4 is 5.43 Å². The molecule has 0 saturated carbocycles. The fourth-order valence-corrected chi connectivity index (χ4v) is 5.35. The summed E-state index contributed by atoms with van der Waals surface area (Å²) in [5, 5.41) is 5.41. The molecule has 24 heavy (non-hydrogen) atoms. The molecule has 0 spiro atoms. The number of hydrogen-bond acceptors (Lipinski definition) is 2. The van der Waals surface area contributed by atoms with Crippen molar-refractivity contribution in [3.63, 3.8) is 0 Å². The van der Waals surface area contributed by atoms with Crippen molar-refractivity contribution in [1.82, 2.24) is 9.78 Å². The van der Waals surface area contributed by atoms with Crippen LogP contribution in [0.2, 0.25) is 0 Å². The van der Waals surface area contributed by atoms with Crippen LogP contribution in [-0.4, -0.2) is 24.3 Å². The van der Waals surface area contributed by atoms with Gasteiger partial charge < -0.3 is 0 Å². The van der Waals surface area contributed by atoms with Crippen molar-refractivity contribution >= 4 is 24.3 Å². The van der Waals surface area contributed by atoms with Crippen LogP contribution in [0.3, 0.4) is 0 Å². The molecule has 2 heterocycles. The molecule has 4 aromatic rings. The Balaban J connectivity index is 2.00. The molecule has 0 saturated heterocycles.